The van der Waals surface area contributed by atoms with Gasteiger partial charge in [0.05, 0.1) is 17.8 Å². The zero-order chi connectivity index (χ0) is 13.3. The van der Waals surface area contributed by atoms with Crippen LogP contribution < -0.4 is 0 Å². The number of aromatic nitrogens is 2. The number of benzene rings is 1. The number of carbonyl (C=O) groups is 1. The average Bonchev–Trinajstić information content (AvgIpc) is 2.62. The standard InChI is InChI=1S/C13H13BrN2O2/c1-8-3-4-11(7-12(8)14)16-9(2)5-10(15-16)6-13(17)18/h3-5,7H,6H2,1-2H3,(H,17,18). The van der Waals surface area contributed by atoms with E-state index in [-0.39, 0.29) is 6.42 Å². The van der Waals surface area contributed by atoms with Gasteiger partial charge in [-0.15, -0.1) is 0 Å². The van der Waals surface area contributed by atoms with E-state index in [0.29, 0.717) is 5.69 Å². The third kappa shape index (κ3) is 2.61. The molecule has 0 aliphatic carbocycles. The van der Waals surface area contributed by atoms with E-state index in [1.807, 2.05) is 32.0 Å². The lowest BCUT2D eigenvalue weighted by molar-refractivity contribution is -0.136. The number of aliphatic carboxylic acids is 1. The largest absolute Gasteiger partial charge is 0.481 e. The highest BCUT2D eigenvalue weighted by Gasteiger charge is 2.09. The lowest BCUT2D eigenvalue weighted by Gasteiger charge is -2.06. The van der Waals surface area contributed by atoms with Gasteiger partial charge >= 0.3 is 5.97 Å². The molecule has 0 radical (unpaired) electrons. The Balaban J connectivity index is 2.41. The molecule has 0 atom stereocenters. The van der Waals surface area contributed by atoms with Gasteiger partial charge in [-0.1, -0.05) is 22.0 Å². The van der Waals surface area contributed by atoms with E-state index >= 15 is 0 Å². The van der Waals surface area contributed by atoms with E-state index in [4.69, 9.17) is 5.11 Å². The van der Waals surface area contributed by atoms with Gasteiger partial charge in [0.1, 0.15) is 0 Å². The molecule has 0 aliphatic rings. The Bertz CT molecular complexity index is 605. The van der Waals surface area contributed by atoms with Gasteiger partial charge in [-0.3, -0.25) is 4.79 Å². The van der Waals surface area contributed by atoms with Crippen LogP contribution >= 0.6 is 15.9 Å². The van der Waals surface area contributed by atoms with E-state index < -0.39 is 5.97 Å². The minimum atomic E-state index is -0.871. The number of hydrogen-bond acceptors (Lipinski definition) is 2. The van der Waals surface area contributed by atoms with Crippen LogP contribution in [0.4, 0.5) is 0 Å². The molecule has 0 unspecified atom stereocenters. The lowest BCUT2D eigenvalue weighted by Crippen LogP contribution is -2.03. The first-order chi connectivity index (χ1) is 8.47. The van der Waals surface area contributed by atoms with Gasteiger partial charge < -0.3 is 5.11 Å². The van der Waals surface area contributed by atoms with Crippen LogP contribution in [0.3, 0.4) is 0 Å². The monoisotopic (exact) mass is 308 g/mol. The maximum absolute atomic E-state index is 10.7. The first kappa shape index (κ1) is 12.8. The van der Waals surface area contributed by atoms with Gasteiger partial charge in [-0.2, -0.15) is 5.10 Å². The SMILES string of the molecule is Cc1ccc(-n2nc(CC(=O)O)cc2C)cc1Br. The molecule has 0 saturated heterocycles. The van der Waals surface area contributed by atoms with Crippen LogP contribution in [0.15, 0.2) is 28.7 Å². The Hall–Kier alpha value is -1.62. The van der Waals surface area contributed by atoms with Crippen molar-refractivity contribution in [3.63, 3.8) is 0 Å². The zero-order valence-corrected chi connectivity index (χ0v) is 11.7. The Morgan fingerprint density at radius 3 is 2.72 bits per heavy atom. The van der Waals surface area contributed by atoms with Crippen LogP contribution in [0.25, 0.3) is 5.69 Å². The summed E-state index contributed by atoms with van der Waals surface area (Å²) in [4.78, 5) is 10.7. The van der Waals surface area contributed by atoms with Crippen LogP contribution in [-0.4, -0.2) is 20.9 Å². The Labute approximate surface area is 113 Å². The van der Waals surface area contributed by atoms with E-state index in [1.54, 1.807) is 10.7 Å². The summed E-state index contributed by atoms with van der Waals surface area (Å²) in [6.07, 6.45) is -0.0547. The van der Waals surface area contributed by atoms with Gasteiger partial charge in [0, 0.05) is 10.2 Å². The van der Waals surface area contributed by atoms with Gasteiger partial charge in [0.15, 0.2) is 0 Å². The Morgan fingerprint density at radius 2 is 2.11 bits per heavy atom. The second-order valence-corrected chi connectivity index (χ2v) is 5.05. The molecular weight excluding hydrogens is 296 g/mol. The topological polar surface area (TPSA) is 55.1 Å². The minimum Gasteiger partial charge on any atom is -0.481 e. The predicted octanol–water partition coefficient (Wildman–Crippen LogP) is 2.88. The van der Waals surface area contributed by atoms with Crippen molar-refractivity contribution < 1.29 is 9.90 Å². The van der Waals surface area contributed by atoms with Gasteiger partial charge in [0.2, 0.25) is 0 Å². The highest BCUT2D eigenvalue weighted by atomic mass is 79.9. The summed E-state index contributed by atoms with van der Waals surface area (Å²) in [6, 6.07) is 7.73. The molecule has 0 saturated carbocycles. The van der Waals surface area contributed by atoms with Gasteiger partial charge in [0.25, 0.3) is 0 Å². The van der Waals surface area contributed by atoms with Crippen LogP contribution in [-0.2, 0) is 11.2 Å². The predicted molar refractivity (Wildman–Crippen MR) is 72.1 cm³/mol. The van der Waals surface area contributed by atoms with Crippen LogP contribution in [0.2, 0.25) is 0 Å². The van der Waals surface area contributed by atoms with Crippen molar-refractivity contribution in [2.75, 3.05) is 0 Å². The summed E-state index contributed by atoms with van der Waals surface area (Å²) in [5.74, 6) is -0.871. The molecule has 5 heteroatoms. The van der Waals surface area contributed by atoms with Crippen molar-refractivity contribution in [3.8, 4) is 5.69 Å². The summed E-state index contributed by atoms with van der Waals surface area (Å²) in [5.41, 5.74) is 3.55. The van der Waals surface area contributed by atoms with Gasteiger partial charge in [-0.05, 0) is 37.6 Å². The number of nitrogens with zero attached hydrogens (tertiary/aromatic N) is 2. The second kappa shape index (κ2) is 4.94. The molecular formula is C13H13BrN2O2. The third-order valence-electron chi connectivity index (χ3n) is 2.67. The van der Waals surface area contributed by atoms with Crippen molar-refractivity contribution in [2.24, 2.45) is 0 Å². The maximum Gasteiger partial charge on any atom is 0.309 e. The van der Waals surface area contributed by atoms with Crippen molar-refractivity contribution in [2.45, 2.75) is 20.3 Å². The van der Waals surface area contributed by atoms with Crippen LogP contribution in [0, 0.1) is 13.8 Å². The van der Waals surface area contributed by atoms with E-state index in [1.165, 1.54) is 0 Å². The van der Waals surface area contributed by atoms with Gasteiger partial charge in [-0.25, -0.2) is 4.68 Å². The normalized spacial score (nSPS) is 10.6. The first-order valence-corrected chi connectivity index (χ1v) is 6.30. The molecule has 0 spiro atoms. The summed E-state index contributed by atoms with van der Waals surface area (Å²) in [6.45, 7) is 3.92. The Morgan fingerprint density at radius 1 is 1.39 bits per heavy atom. The summed E-state index contributed by atoms with van der Waals surface area (Å²) in [7, 11) is 0. The molecule has 18 heavy (non-hydrogen) atoms. The molecule has 2 aromatic rings. The molecule has 0 aliphatic heterocycles. The number of carboxylic acids is 1. The number of rotatable bonds is 3. The number of halogens is 1. The van der Waals surface area contributed by atoms with Crippen molar-refractivity contribution in [1.29, 1.82) is 0 Å². The average molecular weight is 309 g/mol. The lowest BCUT2D eigenvalue weighted by atomic mass is 10.2. The molecule has 94 valence electrons. The smallest absolute Gasteiger partial charge is 0.309 e. The fourth-order valence-electron chi connectivity index (χ4n) is 1.75. The van der Waals surface area contributed by atoms with Crippen LogP contribution in [0.5, 0.6) is 0 Å². The molecule has 1 aromatic heterocycles. The number of aryl methyl sites for hydroxylation is 2. The highest BCUT2D eigenvalue weighted by molar-refractivity contribution is 9.10. The minimum absolute atomic E-state index is 0.0547. The quantitative estimate of drug-likeness (QED) is 0.948. The summed E-state index contributed by atoms with van der Waals surface area (Å²) < 4.78 is 2.76. The summed E-state index contributed by atoms with van der Waals surface area (Å²) >= 11 is 3.48. The molecule has 0 bridgehead atoms. The van der Waals surface area contributed by atoms with E-state index in [9.17, 15) is 4.79 Å². The summed E-state index contributed by atoms with van der Waals surface area (Å²) in [5, 5.41) is 13.1. The molecule has 1 heterocycles. The Kier molecular flexibility index (Phi) is 3.52. The molecule has 4 nitrogen and oxygen atoms in total. The zero-order valence-electron chi connectivity index (χ0n) is 10.1. The molecule has 0 amide bonds. The first-order valence-electron chi connectivity index (χ1n) is 5.51. The number of hydrogen-bond donors (Lipinski definition) is 1. The fraction of sp³-hybridized carbons (Fsp3) is 0.231. The van der Waals surface area contributed by atoms with Crippen molar-refractivity contribution >= 4 is 21.9 Å². The molecule has 1 N–H and O–H groups in total. The van der Waals surface area contributed by atoms with E-state index in [2.05, 4.69) is 21.0 Å². The maximum atomic E-state index is 10.7. The molecule has 1 aromatic carbocycles. The van der Waals surface area contributed by atoms with Crippen molar-refractivity contribution in [1.82, 2.24) is 9.78 Å². The second-order valence-electron chi connectivity index (χ2n) is 4.19. The van der Waals surface area contributed by atoms with Crippen molar-refractivity contribution in [3.05, 3.63) is 45.7 Å². The van der Waals surface area contributed by atoms with E-state index in [0.717, 1.165) is 21.4 Å². The fourth-order valence-corrected chi connectivity index (χ4v) is 2.12. The third-order valence-corrected chi connectivity index (χ3v) is 3.52. The highest BCUT2D eigenvalue weighted by Crippen LogP contribution is 2.21. The number of carboxylic acid groups (broad SMARTS) is 1. The van der Waals surface area contributed by atoms with Crippen LogP contribution in [0.1, 0.15) is 17.0 Å². The molecule has 0 fully saturated rings. The molecule has 2 rings (SSSR count).